The van der Waals surface area contributed by atoms with Crippen LogP contribution in [0.1, 0.15) is 0 Å². The number of amides is 2. The monoisotopic (exact) mass is 245 g/mol. The molecule has 16 heavy (non-hydrogen) atoms. The van der Waals surface area contributed by atoms with Gasteiger partial charge in [-0.2, -0.15) is 0 Å². The Bertz CT molecular complexity index is 481. The molecule has 1 heterocycles. The lowest BCUT2D eigenvalue weighted by Gasteiger charge is -1.80. The molecule has 0 unspecified atom stereocenters. The van der Waals surface area contributed by atoms with Crippen molar-refractivity contribution in [2.75, 3.05) is 0 Å². The maximum atomic E-state index is 10.0. The molecule has 1 aliphatic rings. The second-order valence-electron chi connectivity index (χ2n) is 1.98. The number of rotatable bonds is 2. The summed E-state index contributed by atoms with van der Waals surface area (Å²) in [7, 11) is -4.27. The van der Waals surface area contributed by atoms with Crippen LogP contribution >= 0.6 is 0 Å². The molecule has 0 spiro atoms. The molecule has 0 saturated heterocycles. The van der Waals surface area contributed by atoms with Gasteiger partial charge >= 0.3 is 10.2 Å². The van der Waals surface area contributed by atoms with Gasteiger partial charge in [0.25, 0.3) is 11.8 Å². The van der Waals surface area contributed by atoms with Crippen molar-refractivity contribution in [3.63, 3.8) is 0 Å². The minimum absolute atomic E-state index is 0.329. The van der Waals surface area contributed by atoms with E-state index in [1.165, 1.54) is 12.2 Å². The van der Waals surface area contributed by atoms with E-state index < -0.39 is 10.2 Å². The second kappa shape index (κ2) is 6.03. The Kier molecular flexibility index (Phi) is 5.07. The fraction of sp³-hybridized carbons (Fsp3) is 0. The predicted octanol–water partition coefficient (Wildman–Crippen LogP) is 0.0508. The molecule has 0 atom stereocenters. The van der Waals surface area contributed by atoms with Crippen molar-refractivity contribution in [3.8, 4) is 0 Å². The molecule has 84 valence electrons. The standard InChI is InChI=1S/C4H3NO2.N6O2S/c6-3-1-2-4(7)5-3;1-3-5-9(7,8)6-4-2/h1-2H,(H,5,6,7);. The van der Waals surface area contributed by atoms with Gasteiger partial charge in [0.15, 0.2) is 0 Å². The van der Waals surface area contributed by atoms with Crippen LogP contribution in [0.3, 0.4) is 0 Å². The first-order valence-corrected chi connectivity index (χ1v) is 4.71. The zero-order chi connectivity index (χ0) is 12.6. The third kappa shape index (κ3) is 5.99. The molecule has 1 aliphatic heterocycles. The first-order valence-electron chi connectivity index (χ1n) is 3.32. The summed E-state index contributed by atoms with van der Waals surface area (Å²) in [5.74, 6) is -0.657. The predicted molar refractivity (Wildman–Crippen MR) is 49.5 cm³/mol. The Morgan fingerprint density at radius 2 is 1.44 bits per heavy atom. The highest BCUT2D eigenvalue weighted by molar-refractivity contribution is 7.88. The van der Waals surface area contributed by atoms with Gasteiger partial charge in [0, 0.05) is 31.0 Å². The molecule has 0 fully saturated rings. The third-order valence-electron chi connectivity index (χ3n) is 0.912. The summed E-state index contributed by atoms with van der Waals surface area (Å²) in [6.07, 6.45) is 2.39. The van der Waals surface area contributed by atoms with Crippen LogP contribution in [0, 0.1) is 0 Å². The Labute approximate surface area is 88.2 Å². The van der Waals surface area contributed by atoms with E-state index in [1.54, 1.807) is 0 Å². The number of hydrogen-bond acceptors (Lipinski definition) is 4. The number of carbonyl (C=O) groups is 2. The minimum Gasteiger partial charge on any atom is -0.289 e. The summed E-state index contributed by atoms with van der Waals surface area (Å²) in [6, 6.07) is 0. The number of azide groups is 1. The molecule has 0 bridgehead atoms. The molecule has 11 nitrogen and oxygen atoms in total. The number of imide groups is 1. The maximum absolute atomic E-state index is 10.0. The summed E-state index contributed by atoms with van der Waals surface area (Å²) >= 11 is 0. The quantitative estimate of drug-likeness (QED) is 0.312. The zero-order valence-electron chi connectivity index (χ0n) is 7.38. The van der Waals surface area contributed by atoms with E-state index in [4.69, 9.17) is 11.1 Å². The highest BCUT2D eigenvalue weighted by Gasteiger charge is 2.06. The molecule has 0 aliphatic carbocycles. The van der Waals surface area contributed by atoms with Crippen molar-refractivity contribution in [3.05, 3.63) is 33.0 Å². The first-order chi connectivity index (χ1) is 7.41. The second-order valence-corrected chi connectivity index (χ2v) is 3.20. The van der Waals surface area contributed by atoms with Crippen LogP contribution < -0.4 is 5.32 Å². The number of nitrogens with one attached hydrogen (secondary N) is 1. The van der Waals surface area contributed by atoms with E-state index in [2.05, 4.69) is 9.04 Å². The average Bonchev–Trinajstić information content (AvgIpc) is 2.50. The molecular weight excluding hydrogens is 242 g/mol. The van der Waals surface area contributed by atoms with E-state index in [-0.39, 0.29) is 11.8 Å². The van der Waals surface area contributed by atoms with Crippen molar-refractivity contribution in [2.24, 2.45) is 9.04 Å². The van der Waals surface area contributed by atoms with Crippen molar-refractivity contribution in [2.45, 2.75) is 0 Å². The van der Waals surface area contributed by atoms with Gasteiger partial charge in [-0.05, 0) is 11.1 Å². The fourth-order valence-corrected chi connectivity index (χ4v) is 0.682. The van der Waals surface area contributed by atoms with Gasteiger partial charge in [-0.3, -0.25) is 14.9 Å². The molecule has 0 aromatic rings. The largest absolute Gasteiger partial charge is 0.321 e. The molecule has 1 N–H and O–H groups in total. The van der Waals surface area contributed by atoms with Crippen LogP contribution in [0.15, 0.2) is 21.2 Å². The van der Waals surface area contributed by atoms with Gasteiger partial charge in [0.05, 0.1) is 0 Å². The van der Waals surface area contributed by atoms with Crippen LogP contribution in [0.2, 0.25) is 0 Å². The Hall–Kier alpha value is -2.55. The molecular formula is C4H3N7O4S. The first kappa shape index (κ1) is 13.4. The van der Waals surface area contributed by atoms with Gasteiger partial charge in [-0.15, -0.1) is 0 Å². The molecule has 0 saturated carbocycles. The lowest BCUT2D eigenvalue weighted by Crippen LogP contribution is -2.19. The van der Waals surface area contributed by atoms with E-state index in [0.29, 0.717) is 0 Å². The SMILES string of the molecule is O=C1C=CC(=O)N1.[N-]=[N+]=NS(=O)(=O)N=[N+]=[N-]. The Morgan fingerprint density at radius 1 is 1.06 bits per heavy atom. The summed E-state index contributed by atoms with van der Waals surface area (Å²) in [4.78, 5) is 23.9. The van der Waals surface area contributed by atoms with Gasteiger partial charge in [0.2, 0.25) is 0 Å². The van der Waals surface area contributed by atoms with E-state index in [1.807, 2.05) is 15.1 Å². The van der Waals surface area contributed by atoms with Crippen molar-refractivity contribution < 1.29 is 18.0 Å². The summed E-state index contributed by atoms with van der Waals surface area (Å²) in [6.45, 7) is 0. The van der Waals surface area contributed by atoms with Crippen LogP contribution in [0.25, 0.3) is 20.9 Å². The summed E-state index contributed by atoms with van der Waals surface area (Å²) < 4.78 is 24.3. The van der Waals surface area contributed by atoms with Crippen molar-refractivity contribution in [1.29, 1.82) is 0 Å². The maximum Gasteiger partial charge on any atom is 0.321 e. The molecule has 1 rings (SSSR count). The molecule has 0 radical (unpaired) electrons. The van der Waals surface area contributed by atoms with Gasteiger partial charge < -0.3 is 0 Å². The Morgan fingerprint density at radius 3 is 1.62 bits per heavy atom. The average molecular weight is 245 g/mol. The summed E-state index contributed by atoms with van der Waals surface area (Å²) in [5, 5.41) is 2.03. The molecule has 0 aromatic carbocycles. The summed E-state index contributed by atoms with van der Waals surface area (Å²) in [5.41, 5.74) is 15.0. The van der Waals surface area contributed by atoms with Crippen LogP contribution in [-0.2, 0) is 19.8 Å². The van der Waals surface area contributed by atoms with Gasteiger partial charge in [-0.25, -0.2) is 8.42 Å². The van der Waals surface area contributed by atoms with E-state index >= 15 is 0 Å². The van der Waals surface area contributed by atoms with Crippen LogP contribution in [0.5, 0.6) is 0 Å². The van der Waals surface area contributed by atoms with Crippen molar-refractivity contribution in [1.82, 2.24) is 5.32 Å². The lowest BCUT2D eigenvalue weighted by molar-refractivity contribution is -0.123. The molecule has 2 amide bonds. The lowest BCUT2D eigenvalue weighted by atomic mass is 10.6. The van der Waals surface area contributed by atoms with E-state index in [9.17, 15) is 18.0 Å². The minimum atomic E-state index is -4.27. The normalized spacial score (nSPS) is 12.8. The fourth-order valence-electron chi connectivity index (χ4n) is 0.465. The van der Waals surface area contributed by atoms with Crippen LogP contribution in [-0.4, -0.2) is 20.2 Å². The third-order valence-corrected chi connectivity index (χ3v) is 1.47. The van der Waals surface area contributed by atoms with E-state index in [0.717, 1.165) is 0 Å². The number of carbonyl (C=O) groups excluding carboxylic acids is 2. The highest BCUT2D eigenvalue weighted by atomic mass is 32.2. The Balaban J connectivity index is 0.000000288. The highest BCUT2D eigenvalue weighted by Crippen LogP contribution is 1.92. The number of nitrogens with zero attached hydrogens (tertiary/aromatic N) is 6. The van der Waals surface area contributed by atoms with Crippen molar-refractivity contribution >= 4 is 22.0 Å². The molecule has 12 heteroatoms. The van der Waals surface area contributed by atoms with Gasteiger partial charge in [-0.1, -0.05) is 0 Å². The number of hydrogen-bond donors (Lipinski definition) is 1. The van der Waals surface area contributed by atoms with Crippen LogP contribution in [0.4, 0.5) is 0 Å². The van der Waals surface area contributed by atoms with Gasteiger partial charge in [0.1, 0.15) is 0 Å². The zero-order valence-corrected chi connectivity index (χ0v) is 8.20. The molecule has 0 aromatic heterocycles. The smallest absolute Gasteiger partial charge is 0.289 e. The topological polar surface area (TPSA) is 178 Å².